The normalized spacial score (nSPS) is 12.4. The molecule has 1 aliphatic rings. The van der Waals surface area contributed by atoms with Gasteiger partial charge >= 0.3 is 5.97 Å². The van der Waals surface area contributed by atoms with Crippen LogP contribution < -0.4 is 15.0 Å². The van der Waals surface area contributed by atoms with Crippen LogP contribution in [0.2, 0.25) is 5.02 Å². The first kappa shape index (κ1) is 19.4. The lowest BCUT2D eigenvalue weighted by Gasteiger charge is -2.05. The van der Waals surface area contributed by atoms with E-state index in [0.29, 0.717) is 16.4 Å². The smallest absolute Gasteiger partial charge is 0.331 e. The van der Waals surface area contributed by atoms with Gasteiger partial charge in [0.05, 0.1) is 27.3 Å². The van der Waals surface area contributed by atoms with Gasteiger partial charge < -0.3 is 14.2 Å². The minimum Gasteiger partial charge on any atom is -0.456 e. The van der Waals surface area contributed by atoms with E-state index in [4.69, 9.17) is 25.8 Å². The summed E-state index contributed by atoms with van der Waals surface area (Å²) in [6, 6.07) is 7.00. The molecule has 4 rings (SSSR count). The molecule has 0 amide bonds. The molecule has 0 fully saturated rings. The Morgan fingerprint density at radius 2 is 2.07 bits per heavy atom. The van der Waals surface area contributed by atoms with Crippen LogP contribution in [-0.2, 0) is 16.1 Å². The molecule has 0 saturated heterocycles. The maximum absolute atomic E-state index is 12.1. The van der Waals surface area contributed by atoms with Crippen molar-refractivity contribution in [2.24, 2.45) is 0 Å². The number of benzene rings is 1. The molecule has 1 aliphatic heterocycles. The van der Waals surface area contributed by atoms with E-state index in [-0.39, 0.29) is 41.7 Å². The second-order valence-corrected chi connectivity index (χ2v) is 6.56. The average Bonchev–Trinajstić information content (AvgIpc) is 3.18. The number of halogens is 1. The lowest BCUT2D eigenvalue weighted by molar-refractivity contribution is -0.385. The van der Waals surface area contributed by atoms with Crippen molar-refractivity contribution in [1.29, 1.82) is 0 Å². The quantitative estimate of drug-likeness (QED) is 0.262. The number of fused-ring (bicyclic) bond motifs is 2. The van der Waals surface area contributed by atoms with Gasteiger partial charge in [0.2, 0.25) is 6.79 Å². The van der Waals surface area contributed by atoms with E-state index < -0.39 is 10.9 Å². The number of hydrogen-bond donors (Lipinski definition) is 0. The molecule has 30 heavy (non-hydrogen) atoms. The molecular formula is C19H12ClN3O7. The van der Waals surface area contributed by atoms with Crippen molar-refractivity contribution in [2.45, 2.75) is 6.61 Å². The molecule has 152 valence electrons. The van der Waals surface area contributed by atoms with Crippen LogP contribution in [0.5, 0.6) is 11.5 Å². The molecule has 2 aromatic heterocycles. The summed E-state index contributed by atoms with van der Waals surface area (Å²) in [6.45, 7) is -0.284. The highest BCUT2D eigenvalue weighted by Crippen LogP contribution is 2.38. The summed E-state index contributed by atoms with van der Waals surface area (Å²) < 4.78 is 16.7. The number of rotatable bonds is 5. The van der Waals surface area contributed by atoms with E-state index in [2.05, 4.69) is 4.98 Å². The monoisotopic (exact) mass is 429 g/mol. The third-order valence-electron chi connectivity index (χ3n) is 4.16. The molecule has 3 aromatic rings. The molecule has 1 aromatic carbocycles. The van der Waals surface area contributed by atoms with Crippen molar-refractivity contribution in [2.75, 3.05) is 6.79 Å². The zero-order valence-corrected chi connectivity index (χ0v) is 15.9. The number of nitro groups is 1. The Balaban J connectivity index is 1.49. The number of nitro benzene ring substituents is 1. The van der Waals surface area contributed by atoms with Gasteiger partial charge in [-0.05, 0) is 24.3 Å². The molecule has 0 N–H and O–H groups in total. The van der Waals surface area contributed by atoms with Gasteiger partial charge in [0, 0.05) is 18.3 Å². The van der Waals surface area contributed by atoms with E-state index in [1.165, 1.54) is 34.9 Å². The molecule has 0 saturated carbocycles. The van der Waals surface area contributed by atoms with Gasteiger partial charge in [0.25, 0.3) is 11.2 Å². The fourth-order valence-electron chi connectivity index (χ4n) is 2.79. The lowest BCUT2D eigenvalue weighted by atomic mass is 10.1. The minimum atomic E-state index is -0.764. The predicted molar refractivity (Wildman–Crippen MR) is 105 cm³/mol. The number of carbonyl (C=O) groups excluding carboxylic acids is 1. The Kier molecular flexibility index (Phi) is 5.07. The standard InChI is InChI=1S/C19H12ClN3O7/c20-12-2-3-17-21-13(6-18(24)22(17)8-12)9-28-19(25)4-1-11-5-15-16(30-10-29-15)7-14(11)23(26)27/h1-8H,9-10H2/b4-1+. The summed E-state index contributed by atoms with van der Waals surface area (Å²) in [4.78, 5) is 39.0. The second-order valence-electron chi connectivity index (χ2n) is 6.12. The van der Waals surface area contributed by atoms with Crippen LogP contribution in [0.4, 0.5) is 5.69 Å². The molecule has 3 heterocycles. The molecule has 0 atom stereocenters. The fourth-order valence-corrected chi connectivity index (χ4v) is 2.95. The van der Waals surface area contributed by atoms with Crippen molar-refractivity contribution < 1.29 is 23.9 Å². The number of carbonyl (C=O) groups is 1. The number of aromatic nitrogens is 2. The molecule has 0 bridgehead atoms. The first-order valence-corrected chi connectivity index (χ1v) is 8.89. The summed E-state index contributed by atoms with van der Waals surface area (Å²) >= 11 is 5.86. The lowest BCUT2D eigenvalue weighted by Crippen LogP contribution is -2.16. The van der Waals surface area contributed by atoms with Crippen molar-refractivity contribution >= 4 is 35.0 Å². The van der Waals surface area contributed by atoms with Crippen LogP contribution in [0, 0.1) is 10.1 Å². The third kappa shape index (κ3) is 3.94. The number of hydrogen-bond acceptors (Lipinski definition) is 8. The molecule has 0 aliphatic carbocycles. The van der Waals surface area contributed by atoms with Crippen molar-refractivity contribution in [3.05, 3.63) is 79.4 Å². The van der Waals surface area contributed by atoms with Crippen molar-refractivity contribution in [3.8, 4) is 11.5 Å². The summed E-state index contributed by atoms with van der Waals surface area (Å²) in [5.41, 5.74) is 0.133. The first-order valence-electron chi connectivity index (χ1n) is 8.51. The maximum Gasteiger partial charge on any atom is 0.331 e. The predicted octanol–water partition coefficient (Wildman–Crippen LogP) is 2.74. The largest absolute Gasteiger partial charge is 0.456 e. The zero-order valence-electron chi connectivity index (χ0n) is 15.1. The summed E-state index contributed by atoms with van der Waals surface area (Å²) in [6.07, 6.45) is 3.72. The molecule has 10 nitrogen and oxygen atoms in total. The first-order chi connectivity index (χ1) is 14.4. The maximum atomic E-state index is 12.1. The van der Waals surface area contributed by atoms with Crippen LogP contribution in [0.1, 0.15) is 11.3 Å². The van der Waals surface area contributed by atoms with E-state index in [0.717, 1.165) is 6.08 Å². The molecule has 0 unspecified atom stereocenters. The molecule has 0 spiro atoms. The Morgan fingerprint density at radius 1 is 1.30 bits per heavy atom. The highest BCUT2D eigenvalue weighted by molar-refractivity contribution is 6.30. The topological polar surface area (TPSA) is 122 Å². The fraction of sp³-hybridized carbons (Fsp3) is 0.105. The third-order valence-corrected chi connectivity index (χ3v) is 4.38. The highest BCUT2D eigenvalue weighted by atomic mass is 35.5. The van der Waals surface area contributed by atoms with E-state index >= 15 is 0 Å². The summed E-state index contributed by atoms with van der Waals surface area (Å²) in [7, 11) is 0. The van der Waals surface area contributed by atoms with E-state index in [9.17, 15) is 19.7 Å². The van der Waals surface area contributed by atoms with Crippen LogP contribution in [0.15, 0.2) is 47.4 Å². The van der Waals surface area contributed by atoms with Crippen LogP contribution in [0.3, 0.4) is 0 Å². The van der Waals surface area contributed by atoms with Gasteiger partial charge in [-0.1, -0.05) is 11.6 Å². The van der Waals surface area contributed by atoms with Crippen LogP contribution in [0.25, 0.3) is 11.7 Å². The van der Waals surface area contributed by atoms with Crippen LogP contribution in [-0.4, -0.2) is 27.1 Å². The Bertz CT molecular complexity index is 1270. The van der Waals surface area contributed by atoms with Crippen molar-refractivity contribution in [1.82, 2.24) is 9.38 Å². The average molecular weight is 430 g/mol. The molecule has 0 radical (unpaired) electrons. The Morgan fingerprint density at radius 3 is 2.83 bits per heavy atom. The molecule has 11 heteroatoms. The van der Waals surface area contributed by atoms with Gasteiger partial charge in [-0.25, -0.2) is 9.78 Å². The van der Waals surface area contributed by atoms with Gasteiger partial charge in [-0.15, -0.1) is 0 Å². The van der Waals surface area contributed by atoms with Crippen molar-refractivity contribution in [3.63, 3.8) is 0 Å². The molecular weight excluding hydrogens is 418 g/mol. The second kappa shape index (κ2) is 7.84. The van der Waals surface area contributed by atoms with Crippen LogP contribution >= 0.6 is 11.6 Å². The number of nitrogens with zero attached hydrogens (tertiary/aromatic N) is 3. The van der Waals surface area contributed by atoms with Gasteiger partial charge in [0.15, 0.2) is 11.5 Å². The van der Waals surface area contributed by atoms with E-state index in [1.807, 2.05) is 0 Å². The Hall–Kier alpha value is -3.92. The van der Waals surface area contributed by atoms with Gasteiger partial charge in [-0.3, -0.25) is 19.3 Å². The number of esters is 1. The zero-order chi connectivity index (χ0) is 21.3. The Labute approximate surface area is 173 Å². The summed E-state index contributed by atoms with van der Waals surface area (Å²) in [5.74, 6) is -0.161. The highest BCUT2D eigenvalue weighted by Gasteiger charge is 2.22. The minimum absolute atomic E-state index is 0.0351. The summed E-state index contributed by atoms with van der Waals surface area (Å²) in [5, 5.41) is 11.6. The number of pyridine rings is 1. The van der Waals surface area contributed by atoms with Gasteiger partial charge in [0.1, 0.15) is 12.3 Å². The number of ether oxygens (including phenoxy) is 3. The van der Waals surface area contributed by atoms with Gasteiger partial charge in [-0.2, -0.15) is 0 Å². The SMILES string of the molecule is O=C(/C=C/c1cc2c(cc1[N+](=O)[O-])OCO2)OCc1cc(=O)n2cc(Cl)ccc2n1. The van der Waals surface area contributed by atoms with E-state index in [1.54, 1.807) is 12.1 Å².